The first kappa shape index (κ1) is 22.9. The first-order valence-electron chi connectivity index (χ1n) is 11.3. The van der Waals surface area contributed by atoms with Gasteiger partial charge in [0, 0.05) is 37.4 Å². The summed E-state index contributed by atoms with van der Waals surface area (Å²) in [6.07, 6.45) is 3.36. The summed E-state index contributed by atoms with van der Waals surface area (Å²) in [6, 6.07) is 1.45. The predicted octanol–water partition coefficient (Wildman–Crippen LogP) is 5.38. The number of nitrogens with one attached hydrogen (secondary N) is 1. The van der Waals surface area contributed by atoms with E-state index in [2.05, 4.69) is 10.3 Å². The number of fused-ring (bicyclic) bond motifs is 1. The fourth-order valence-corrected chi connectivity index (χ4v) is 5.63. The molecule has 2 aromatic heterocycles. The summed E-state index contributed by atoms with van der Waals surface area (Å²) in [4.78, 5) is 16.9. The number of aromatic nitrogens is 2. The molecule has 1 saturated heterocycles. The predicted molar refractivity (Wildman–Crippen MR) is 114 cm³/mol. The number of hydrogen-bond donors (Lipinski definition) is 1. The first-order chi connectivity index (χ1) is 15.4. The van der Waals surface area contributed by atoms with Gasteiger partial charge < -0.3 is 14.5 Å². The van der Waals surface area contributed by atoms with Crippen LogP contribution in [0.15, 0.2) is 12.3 Å². The molecule has 1 amide bonds. The minimum absolute atomic E-state index is 0.0314. The normalized spacial score (nSPS) is 22.8. The monoisotopic (exact) mass is 487 g/mol. The molecule has 10 heteroatoms. The molecule has 0 atom stereocenters. The lowest BCUT2D eigenvalue weighted by Gasteiger charge is -2.53. The number of carbonyl (C=O) groups is 1. The zero-order valence-corrected chi connectivity index (χ0v) is 19.0. The molecule has 1 spiro atoms. The van der Waals surface area contributed by atoms with Crippen molar-refractivity contribution in [1.82, 2.24) is 14.7 Å². The van der Waals surface area contributed by atoms with E-state index in [-0.39, 0.29) is 77.3 Å². The van der Waals surface area contributed by atoms with Crippen LogP contribution < -0.4 is 5.32 Å². The zero-order valence-electron chi connectivity index (χ0n) is 18.3. The fraction of sp³-hybridized carbons (Fsp3) is 0.652. The molecule has 2 aromatic rings. The van der Waals surface area contributed by atoms with Crippen LogP contribution in [0.1, 0.15) is 67.2 Å². The minimum Gasteiger partial charge on any atom is -0.380 e. The quantitative estimate of drug-likeness (QED) is 0.576. The molecular formula is C23H26ClF4N3O2. The van der Waals surface area contributed by atoms with E-state index in [0.29, 0.717) is 0 Å². The number of amides is 1. The average Bonchev–Trinajstić information content (AvgIpc) is 3.01. The Hall–Kier alpha value is -1.87. The second kappa shape index (κ2) is 7.83. The molecule has 0 bridgehead atoms. The van der Waals surface area contributed by atoms with Crippen molar-refractivity contribution in [2.75, 3.05) is 13.2 Å². The maximum atomic E-state index is 14.4. The highest BCUT2D eigenvalue weighted by molar-refractivity contribution is 6.33. The van der Waals surface area contributed by atoms with Gasteiger partial charge in [0.1, 0.15) is 11.3 Å². The fourth-order valence-electron chi connectivity index (χ4n) is 5.39. The Kier molecular flexibility index (Phi) is 5.44. The van der Waals surface area contributed by atoms with Crippen LogP contribution in [-0.2, 0) is 17.1 Å². The lowest BCUT2D eigenvalue weighted by molar-refractivity contribution is -0.165. The molecule has 1 aliphatic heterocycles. The molecule has 180 valence electrons. The van der Waals surface area contributed by atoms with Gasteiger partial charge in [-0.15, -0.1) is 0 Å². The molecular weight excluding hydrogens is 462 g/mol. The van der Waals surface area contributed by atoms with Crippen molar-refractivity contribution in [3.63, 3.8) is 0 Å². The van der Waals surface area contributed by atoms with Crippen LogP contribution in [0.5, 0.6) is 0 Å². The number of halogens is 5. The number of rotatable bonds is 5. The Morgan fingerprint density at radius 2 is 1.97 bits per heavy atom. The first-order valence-corrected chi connectivity index (χ1v) is 11.7. The highest BCUT2D eigenvalue weighted by Crippen LogP contribution is 2.47. The molecule has 3 aliphatic rings. The van der Waals surface area contributed by atoms with E-state index in [1.54, 1.807) is 0 Å². The topological polar surface area (TPSA) is 55.6 Å². The number of imidazole rings is 1. The number of ether oxygens (including phenoxy) is 1. The molecule has 5 rings (SSSR count). The largest absolute Gasteiger partial charge is 0.380 e. The van der Waals surface area contributed by atoms with Crippen LogP contribution in [0.4, 0.5) is 17.6 Å². The van der Waals surface area contributed by atoms with Crippen LogP contribution in [0.2, 0.25) is 5.02 Å². The van der Waals surface area contributed by atoms with Crippen LogP contribution in [-0.4, -0.2) is 40.5 Å². The van der Waals surface area contributed by atoms with Crippen molar-refractivity contribution in [3.8, 4) is 0 Å². The summed E-state index contributed by atoms with van der Waals surface area (Å²) in [7, 11) is 0. The number of hydrogen-bond acceptors (Lipinski definition) is 3. The van der Waals surface area contributed by atoms with E-state index in [1.165, 1.54) is 16.7 Å². The molecule has 2 aliphatic carbocycles. The second-order valence-corrected chi connectivity index (χ2v) is 10.5. The minimum atomic E-state index is -3.22. The van der Waals surface area contributed by atoms with Crippen LogP contribution in [0.25, 0.3) is 5.65 Å². The van der Waals surface area contributed by atoms with Gasteiger partial charge in [-0.25, -0.2) is 13.8 Å². The Labute approximate surface area is 193 Å². The van der Waals surface area contributed by atoms with Gasteiger partial charge in [-0.1, -0.05) is 11.6 Å². The van der Waals surface area contributed by atoms with Gasteiger partial charge in [0.25, 0.3) is 11.8 Å². The lowest BCUT2D eigenvalue weighted by atomic mass is 9.64. The van der Waals surface area contributed by atoms with Crippen molar-refractivity contribution in [2.45, 2.75) is 69.8 Å². The molecule has 3 fully saturated rings. The highest BCUT2D eigenvalue weighted by atomic mass is 35.5. The third kappa shape index (κ3) is 4.34. The number of nitrogens with zero attached hydrogens (tertiary/aromatic N) is 2. The van der Waals surface area contributed by atoms with E-state index in [1.807, 2.05) is 0 Å². The number of pyridine rings is 1. The Bertz CT molecular complexity index is 1080. The Morgan fingerprint density at radius 1 is 1.30 bits per heavy atom. The third-order valence-corrected chi connectivity index (χ3v) is 7.60. The molecule has 2 saturated carbocycles. The molecule has 1 N–H and O–H groups in total. The van der Waals surface area contributed by atoms with Gasteiger partial charge in [-0.3, -0.25) is 4.79 Å². The summed E-state index contributed by atoms with van der Waals surface area (Å²) < 4.78 is 62.6. The van der Waals surface area contributed by atoms with Gasteiger partial charge in [0.05, 0.1) is 29.5 Å². The van der Waals surface area contributed by atoms with Crippen molar-refractivity contribution in [2.24, 2.45) is 11.3 Å². The summed E-state index contributed by atoms with van der Waals surface area (Å²) in [5, 5.41) is 3.08. The van der Waals surface area contributed by atoms with Crippen LogP contribution in [0.3, 0.4) is 0 Å². The van der Waals surface area contributed by atoms with Crippen LogP contribution in [0, 0.1) is 11.3 Å². The molecule has 0 radical (unpaired) electrons. The molecule has 0 unspecified atom stereocenters. The smallest absolute Gasteiger partial charge is 0.288 e. The number of alkyl halides is 4. The van der Waals surface area contributed by atoms with Gasteiger partial charge in [0.2, 0.25) is 5.92 Å². The summed E-state index contributed by atoms with van der Waals surface area (Å²) in [6.45, 7) is 2.20. The summed E-state index contributed by atoms with van der Waals surface area (Å²) >= 11 is 6.40. The summed E-state index contributed by atoms with van der Waals surface area (Å²) in [5.74, 6) is -6.43. The zero-order chi connectivity index (χ0) is 23.6. The van der Waals surface area contributed by atoms with E-state index < -0.39 is 17.5 Å². The molecule has 3 heterocycles. The Morgan fingerprint density at radius 3 is 2.55 bits per heavy atom. The molecule has 0 aromatic carbocycles. The maximum Gasteiger partial charge on any atom is 0.288 e. The van der Waals surface area contributed by atoms with Crippen molar-refractivity contribution >= 4 is 23.2 Å². The van der Waals surface area contributed by atoms with E-state index in [9.17, 15) is 22.4 Å². The van der Waals surface area contributed by atoms with Gasteiger partial charge >= 0.3 is 0 Å². The molecule has 5 nitrogen and oxygen atoms in total. The Balaban J connectivity index is 1.40. The van der Waals surface area contributed by atoms with E-state index in [0.717, 1.165) is 33.0 Å². The van der Waals surface area contributed by atoms with E-state index >= 15 is 0 Å². The third-order valence-electron chi connectivity index (χ3n) is 7.30. The van der Waals surface area contributed by atoms with Gasteiger partial charge in [-0.05, 0) is 44.1 Å². The van der Waals surface area contributed by atoms with E-state index in [4.69, 9.17) is 16.3 Å². The average molecular weight is 488 g/mol. The maximum absolute atomic E-state index is 14.4. The number of carbonyl (C=O) groups excluding carboxylic acids is 1. The lowest BCUT2D eigenvalue weighted by Crippen LogP contribution is -2.59. The standard InChI is InChI=1S/C23H26ClF4N3O2/c1-21(25,26)19-17(6-13-2-4-23(27,28)5-3-13)31-10-16(24)15(7-18(31)30-19)20(32)29-14-8-22(9-14)11-33-12-22/h7,10,13-14H,2-6,8-9,11-12H2,1H3,(H,29,32). The summed E-state index contributed by atoms with van der Waals surface area (Å²) in [5.41, 5.74) is 0.408. The van der Waals surface area contributed by atoms with Gasteiger partial charge in [-0.2, -0.15) is 8.78 Å². The SMILES string of the molecule is CC(F)(F)c1nc2cc(C(=O)NC3CC4(COC4)C3)c(Cl)cn2c1CC1CCC(F)(F)CC1. The molecule has 33 heavy (non-hydrogen) atoms. The van der Waals surface area contributed by atoms with Crippen molar-refractivity contribution < 1.29 is 27.1 Å². The van der Waals surface area contributed by atoms with Crippen molar-refractivity contribution in [3.05, 3.63) is 34.2 Å². The van der Waals surface area contributed by atoms with Crippen LogP contribution >= 0.6 is 11.6 Å². The highest BCUT2D eigenvalue weighted by Gasteiger charge is 2.50. The second-order valence-electron chi connectivity index (χ2n) is 10.1. The van der Waals surface area contributed by atoms with Gasteiger partial charge in [0.15, 0.2) is 0 Å². The van der Waals surface area contributed by atoms with Crippen molar-refractivity contribution in [1.29, 1.82) is 0 Å².